The van der Waals surface area contributed by atoms with E-state index in [4.69, 9.17) is 59.1 Å². The van der Waals surface area contributed by atoms with Gasteiger partial charge in [0.2, 0.25) is 17.7 Å². The maximum atomic E-state index is 14.4. The molecule has 0 spiro atoms. The van der Waals surface area contributed by atoms with Gasteiger partial charge < -0.3 is 59.1 Å². The molecule has 3 amide bonds. The molecule has 0 aliphatic carbocycles. The number of carbonyl (C=O) groups excluding carboxylic acids is 6. The van der Waals surface area contributed by atoms with Crippen molar-refractivity contribution in [3.63, 3.8) is 0 Å². The number of nitrogens with zero attached hydrogens (tertiary/aromatic N) is 9. The van der Waals surface area contributed by atoms with Crippen LogP contribution in [0.4, 0.5) is 68.2 Å². The van der Waals surface area contributed by atoms with Gasteiger partial charge in [-0.2, -0.15) is 15.3 Å². The number of ether oxygens (including phenoxy) is 6. The molecule has 0 aromatic heterocycles. The van der Waals surface area contributed by atoms with Crippen molar-refractivity contribution < 1.29 is 57.2 Å². The molecule has 0 aliphatic heterocycles. The maximum Gasteiger partial charge on any atom is 0.338 e. The standard InChI is InChI=1S/C121H190N12O12/c1-22-43-52-88(31-10)79-131(80-89(32-11)53-44-23-2)110-73-104(122-116(134)95(37-16)58-49-28-7)107(76-113(110)140-40-19)128-125-101-67-61-98(62-68-101)119(137)143-85-94(86-144-120(138)99-63-69-102(70-64-99)126-129-108-77-114(141-41-20)111(74-105(108)123-117(135)96(38-17)59-50-29-8)132(81-90(33-12)54-45-24-3)82-91(34-13)55-46-25-4)87-145-121(139)100-65-71-103(72-66-100)127-130-109-78-115(142-42-21)112(75-106(109)124-118(136)97(39-18)60-51-30-9)133(83-92(35-14)56-47-26-5)84-93(36-15)57-48-27-6/h61-78,88-97H,22-60,79-87H2,1-21H3,(H,122,134)(H,123,135)(H,124,136)/b128-125+,129-126+,130-127+. The van der Waals surface area contributed by atoms with Gasteiger partial charge in [0.25, 0.3) is 0 Å². The lowest BCUT2D eigenvalue weighted by Gasteiger charge is -2.34. The Morgan fingerprint density at radius 1 is 0.255 bits per heavy atom. The fraction of sp³-hybridized carbons (Fsp3) is 0.653. The van der Waals surface area contributed by atoms with E-state index in [9.17, 15) is 28.8 Å². The van der Waals surface area contributed by atoms with E-state index in [1.54, 1.807) is 72.8 Å². The van der Waals surface area contributed by atoms with Crippen LogP contribution in [0.1, 0.15) is 408 Å². The summed E-state index contributed by atoms with van der Waals surface area (Å²) in [5, 5.41) is 38.7. The molecule has 6 aromatic carbocycles. The second kappa shape index (κ2) is 71.3. The van der Waals surface area contributed by atoms with Crippen molar-refractivity contribution in [3.8, 4) is 17.2 Å². The molecular formula is C121H190N12O12. The van der Waals surface area contributed by atoms with Gasteiger partial charge in [-0.05, 0) is 224 Å². The van der Waals surface area contributed by atoms with Crippen LogP contribution < -0.4 is 44.9 Å². The Labute approximate surface area is 875 Å². The summed E-state index contributed by atoms with van der Waals surface area (Å²) in [6, 6.07) is 31.4. The van der Waals surface area contributed by atoms with Gasteiger partial charge in [0.15, 0.2) is 0 Å². The fourth-order valence-corrected chi connectivity index (χ4v) is 18.9. The monoisotopic (exact) mass is 2000 g/mol. The highest BCUT2D eigenvalue weighted by Gasteiger charge is 2.32. The molecule has 145 heavy (non-hydrogen) atoms. The molecule has 6 rings (SSSR count). The summed E-state index contributed by atoms with van der Waals surface area (Å²) < 4.78 is 37.8. The molecule has 9 atom stereocenters. The number of nitrogens with one attached hydrogen (secondary N) is 3. The Balaban J connectivity index is 1.39. The highest BCUT2D eigenvalue weighted by molar-refractivity contribution is 5.99. The summed E-state index contributed by atoms with van der Waals surface area (Å²) in [7, 11) is 0. The number of esters is 3. The Morgan fingerprint density at radius 2 is 0.462 bits per heavy atom. The van der Waals surface area contributed by atoms with Crippen LogP contribution in [-0.2, 0) is 28.6 Å². The van der Waals surface area contributed by atoms with Gasteiger partial charge in [0, 0.05) is 75.2 Å². The fourth-order valence-electron chi connectivity index (χ4n) is 18.9. The number of rotatable bonds is 78. The summed E-state index contributed by atoms with van der Waals surface area (Å²) >= 11 is 0. The smallest absolute Gasteiger partial charge is 0.338 e. The first-order valence-electron chi connectivity index (χ1n) is 57.1. The molecular weight excluding hydrogens is 1810 g/mol. The van der Waals surface area contributed by atoms with E-state index in [1.165, 1.54) is 0 Å². The number of hydrogen-bond acceptors (Lipinski definition) is 21. The summed E-state index contributed by atoms with van der Waals surface area (Å²) in [5.74, 6) is 0.954. The second-order valence-corrected chi connectivity index (χ2v) is 40.1. The highest BCUT2D eigenvalue weighted by Crippen LogP contribution is 2.47. The molecule has 0 saturated heterocycles. The van der Waals surface area contributed by atoms with Crippen LogP contribution in [0, 0.1) is 59.2 Å². The van der Waals surface area contributed by atoms with E-state index in [0.717, 1.165) is 268 Å². The van der Waals surface area contributed by atoms with Crippen LogP contribution in [0.3, 0.4) is 0 Å². The molecule has 24 nitrogen and oxygen atoms in total. The average Bonchev–Trinajstić information content (AvgIpc) is 0.803. The van der Waals surface area contributed by atoms with E-state index in [1.807, 2.05) is 57.2 Å². The number of anilines is 6. The van der Waals surface area contributed by atoms with Crippen molar-refractivity contribution >= 4 is 104 Å². The number of hydrogen-bond donors (Lipinski definition) is 3. The minimum atomic E-state index is -0.877. The SMILES string of the molecule is CCCCC(CC)CN(CC(CC)CCCC)c1cc(NC(=O)C(CC)CCCC)c(/N=N/c2ccc(C(=O)OCC(COC(=O)c3ccc(/N=N/c4cc(OCC)c(N(CC(CC)CCCC)CC(CC)CCCC)cc4NC(=O)C(CC)CCCC)cc3)COC(=O)c3ccc(/N=N/c4cc(OCC)c(N(CC(CC)CCCC)CC(CC)CCCC)cc4NC(=O)C(CC)CCCC)cc3)cc2)cc1OCC. The number of carbonyl (C=O) groups is 6. The molecule has 0 fully saturated rings. The van der Waals surface area contributed by atoms with Crippen molar-refractivity contribution in [2.75, 3.05) is 110 Å². The number of azo groups is 3. The van der Waals surface area contributed by atoms with Crippen LogP contribution in [0.2, 0.25) is 0 Å². The number of amides is 3. The van der Waals surface area contributed by atoms with Gasteiger partial charge in [-0.1, -0.05) is 279 Å². The Bertz CT molecular complexity index is 4250. The van der Waals surface area contributed by atoms with Crippen LogP contribution >= 0.6 is 0 Å². The third-order valence-electron chi connectivity index (χ3n) is 28.8. The molecule has 3 N–H and O–H groups in total. The van der Waals surface area contributed by atoms with Gasteiger partial charge in [0.05, 0.1) is 93.6 Å². The van der Waals surface area contributed by atoms with Crippen molar-refractivity contribution in [1.29, 1.82) is 0 Å². The Hall–Kier alpha value is -10.3. The zero-order valence-electron chi connectivity index (χ0n) is 93.5. The van der Waals surface area contributed by atoms with Crippen LogP contribution in [-0.4, -0.2) is 115 Å². The van der Waals surface area contributed by atoms with E-state index in [-0.39, 0.29) is 72.0 Å². The van der Waals surface area contributed by atoms with E-state index < -0.39 is 23.8 Å². The van der Waals surface area contributed by atoms with Gasteiger partial charge in [-0.25, -0.2) is 14.4 Å². The van der Waals surface area contributed by atoms with Crippen molar-refractivity contribution in [2.24, 2.45) is 89.9 Å². The van der Waals surface area contributed by atoms with E-state index in [0.29, 0.717) is 143 Å². The average molecular weight is 2000 g/mol. The highest BCUT2D eigenvalue weighted by atomic mass is 16.6. The van der Waals surface area contributed by atoms with Crippen LogP contribution in [0.25, 0.3) is 0 Å². The molecule has 9 unspecified atom stereocenters. The first-order valence-corrected chi connectivity index (χ1v) is 57.1. The molecule has 24 heteroatoms. The minimum absolute atomic E-state index is 0.0701. The predicted molar refractivity (Wildman–Crippen MR) is 601 cm³/mol. The number of unbranched alkanes of at least 4 members (excludes halogenated alkanes) is 9. The summed E-state index contributed by atoms with van der Waals surface area (Å²) in [4.78, 5) is 93.9. The third-order valence-corrected chi connectivity index (χ3v) is 28.8. The molecule has 0 heterocycles. The lowest BCUT2D eigenvalue weighted by molar-refractivity contribution is -0.121. The van der Waals surface area contributed by atoms with Crippen LogP contribution in [0.5, 0.6) is 17.2 Å². The lowest BCUT2D eigenvalue weighted by atomic mass is 9.95. The Morgan fingerprint density at radius 3 is 0.648 bits per heavy atom. The van der Waals surface area contributed by atoms with Gasteiger partial charge in [-0.3, -0.25) is 14.4 Å². The second-order valence-electron chi connectivity index (χ2n) is 40.1. The molecule has 0 saturated carbocycles. The van der Waals surface area contributed by atoms with Crippen molar-refractivity contribution in [3.05, 3.63) is 126 Å². The van der Waals surface area contributed by atoms with Crippen LogP contribution in [0.15, 0.2) is 140 Å². The third kappa shape index (κ3) is 42.9. The lowest BCUT2D eigenvalue weighted by Crippen LogP contribution is -2.34. The van der Waals surface area contributed by atoms with Crippen molar-refractivity contribution in [2.45, 2.75) is 377 Å². The van der Waals surface area contributed by atoms with Gasteiger partial charge in [0.1, 0.15) is 54.1 Å². The maximum absolute atomic E-state index is 14.4. The molecule has 806 valence electrons. The zero-order chi connectivity index (χ0) is 106. The summed E-state index contributed by atoms with van der Waals surface area (Å²) in [5.41, 5.74) is 7.50. The topological polar surface area (TPSA) is 278 Å². The first kappa shape index (κ1) is 123. The van der Waals surface area contributed by atoms with E-state index in [2.05, 4.69) is 155 Å². The van der Waals surface area contributed by atoms with Gasteiger partial charge >= 0.3 is 17.9 Å². The largest absolute Gasteiger partial charge is 0.492 e. The first-order chi connectivity index (χ1) is 70.4. The molecule has 6 aromatic rings. The normalized spacial score (nSPS) is 13.7. The van der Waals surface area contributed by atoms with Crippen molar-refractivity contribution in [1.82, 2.24) is 0 Å². The quantitative estimate of drug-likeness (QED) is 0.0182. The van der Waals surface area contributed by atoms with Gasteiger partial charge in [-0.15, -0.1) is 15.3 Å². The molecule has 0 bridgehead atoms. The summed E-state index contributed by atoms with van der Waals surface area (Å²) in [6.45, 7) is 51.0. The number of benzene rings is 6. The molecule has 0 aliphatic rings. The Kier molecular flexibility index (Phi) is 60.7. The summed E-state index contributed by atoms with van der Waals surface area (Å²) in [6.07, 6.45) is 36.6. The minimum Gasteiger partial charge on any atom is -0.492 e. The zero-order valence-corrected chi connectivity index (χ0v) is 93.5. The van der Waals surface area contributed by atoms with E-state index >= 15 is 0 Å². The predicted octanol–water partition coefficient (Wildman–Crippen LogP) is 34.8. The molecule has 0 radical (unpaired) electrons.